The van der Waals surface area contributed by atoms with E-state index in [1.807, 2.05) is 0 Å². The van der Waals surface area contributed by atoms with Gasteiger partial charge >= 0.3 is 0 Å². The highest BCUT2D eigenvalue weighted by atomic mass is 35.5. The minimum atomic E-state index is 0. The number of hydrogen-bond donors (Lipinski definition) is 3. The maximum absolute atomic E-state index is 3.74. The van der Waals surface area contributed by atoms with Gasteiger partial charge in [0.25, 0.3) is 0 Å². The van der Waals surface area contributed by atoms with Crippen molar-refractivity contribution in [2.24, 2.45) is 5.92 Å². The fourth-order valence-corrected chi connectivity index (χ4v) is 3.83. The molecule has 6 heteroatoms. The largest absolute Gasteiger partial charge is 0.315 e. The van der Waals surface area contributed by atoms with Crippen molar-refractivity contribution in [3.8, 4) is 0 Å². The molecular formula is C19H34ClN5. The summed E-state index contributed by atoms with van der Waals surface area (Å²) in [5.41, 5.74) is 8.34. The molecule has 2 aliphatic heterocycles. The minimum absolute atomic E-state index is 0. The molecule has 0 aliphatic carbocycles. The quantitative estimate of drug-likeness (QED) is 0.711. The Morgan fingerprint density at radius 3 is 2.48 bits per heavy atom. The first-order valence-electron chi connectivity index (χ1n) is 9.24. The van der Waals surface area contributed by atoms with Gasteiger partial charge in [0.1, 0.15) is 0 Å². The Kier molecular flexibility index (Phi) is 7.68. The van der Waals surface area contributed by atoms with Gasteiger partial charge in [-0.25, -0.2) is 5.43 Å². The normalized spacial score (nSPS) is 25.7. The third-order valence-corrected chi connectivity index (χ3v) is 5.58. The molecule has 0 saturated carbocycles. The van der Waals surface area contributed by atoms with E-state index in [9.17, 15) is 0 Å². The fourth-order valence-electron chi connectivity index (χ4n) is 3.83. The van der Waals surface area contributed by atoms with Gasteiger partial charge < -0.3 is 10.2 Å². The molecule has 2 saturated heterocycles. The Morgan fingerprint density at radius 2 is 1.80 bits per heavy atom. The lowest BCUT2D eigenvalue weighted by atomic mass is 9.94. The number of benzene rings is 1. The number of nitrogens with zero attached hydrogens (tertiary/aromatic N) is 2. The van der Waals surface area contributed by atoms with Crippen LogP contribution in [0, 0.1) is 5.92 Å². The Hall–Kier alpha value is -0.690. The van der Waals surface area contributed by atoms with Gasteiger partial charge in [0, 0.05) is 57.3 Å². The van der Waals surface area contributed by atoms with Crippen molar-refractivity contribution in [3.05, 3.63) is 35.9 Å². The molecule has 142 valence electrons. The number of nitrogens with one attached hydrogen (secondary N) is 3. The molecule has 25 heavy (non-hydrogen) atoms. The summed E-state index contributed by atoms with van der Waals surface area (Å²) >= 11 is 0. The second kappa shape index (κ2) is 9.31. The Morgan fingerprint density at radius 1 is 1.12 bits per heavy atom. The Bertz CT molecular complexity index is 502. The van der Waals surface area contributed by atoms with Crippen molar-refractivity contribution in [2.45, 2.75) is 25.4 Å². The summed E-state index contributed by atoms with van der Waals surface area (Å²) in [4.78, 5) is 5.04. The first kappa shape index (κ1) is 20.6. The summed E-state index contributed by atoms with van der Waals surface area (Å²) in [5, 5.41) is 3.74. The van der Waals surface area contributed by atoms with Gasteiger partial charge in [0.05, 0.1) is 6.04 Å². The summed E-state index contributed by atoms with van der Waals surface area (Å²) in [5.74, 6) is 0.579. The van der Waals surface area contributed by atoms with Crippen molar-refractivity contribution in [1.29, 1.82) is 0 Å². The van der Waals surface area contributed by atoms with Crippen LogP contribution in [0.5, 0.6) is 0 Å². The van der Waals surface area contributed by atoms with Crippen LogP contribution in [0.1, 0.15) is 25.5 Å². The highest BCUT2D eigenvalue weighted by molar-refractivity contribution is 5.85. The van der Waals surface area contributed by atoms with Gasteiger partial charge in [-0.15, -0.1) is 12.4 Å². The van der Waals surface area contributed by atoms with Crippen LogP contribution in [0.25, 0.3) is 0 Å². The van der Waals surface area contributed by atoms with Crippen LogP contribution in [0.2, 0.25) is 0 Å². The molecular weight excluding hydrogens is 334 g/mol. The summed E-state index contributed by atoms with van der Waals surface area (Å²) in [6.07, 6.45) is 0. The summed E-state index contributed by atoms with van der Waals surface area (Å²) in [6, 6.07) is 11.1. The molecule has 3 rings (SSSR count). The van der Waals surface area contributed by atoms with Crippen LogP contribution in [0.3, 0.4) is 0 Å². The van der Waals surface area contributed by atoms with E-state index in [2.05, 4.69) is 77.2 Å². The van der Waals surface area contributed by atoms with Crippen LogP contribution in [-0.4, -0.2) is 68.2 Å². The van der Waals surface area contributed by atoms with E-state index >= 15 is 0 Å². The molecule has 0 amide bonds. The van der Waals surface area contributed by atoms with E-state index in [0.29, 0.717) is 12.0 Å². The summed E-state index contributed by atoms with van der Waals surface area (Å²) < 4.78 is 0. The molecule has 3 N–H and O–H groups in total. The second-order valence-corrected chi connectivity index (χ2v) is 7.91. The zero-order valence-corrected chi connectivity index (χ0v) is 16.6. The van der Waals surface area contributed by atoms with Gasteiger partial charge in [0.2, 0.25) is 0 Å². The molecule has 5 nitrogen and oxygen atoms in total. The van der Waals surface area contributed by atoms with Crippen molar-refractivity contribution in [1.82, 2.24) is 26.0 Å². The topological polar surface area (TPSA) is 42.6 Å². The fraction of sp³-hybridized carbons (Fsp3) is 0.684. The maximum atomic E-state index is 3.74. The first-order chi connectivity index (χ1) is 11.6. The molecule has 2 aliphatic rings. The first-order valence-corrected chi connectivity index (χ1v) is 9.24. The molecule has 0 bridgehead atoms. The molecule has 1 aromatic rings. The number of halogens is 1. The third kappa shape index (κ3) is 5.39. The summed E-state index contributed by atoms with van der Waals surface area (Å²) in [7, 11) is 2.21. The smallest absolute Gasteiger partial charge is 0.0515 e. The predicted molar refractivity (Wildman–Crippen MR) is 107 cm³/mol. The van der Waals surface area contributed by atoms with E-state index in [1.165, 1.54) is 31.7 Å². The number of rotatable bonds is 6. The molecule has 0 spiro atoms. The molecule has 2 fully saturated rings. The van der Waals surface area contributed by atoms with Crippen molar-refractivity contribution < 1.29 is 0 Å². The average molecular weight is 368 g/mol. The van der Waals surface area contributed by atoms with Crippen LogP contribution in [0.15, 0.2) is 30.3 Å². The van der Waals surface area contributed by atoms with E-state index in [0.717, 1.165) is 19.6 Å². The number of piperazine rings is 1. The van der Waals surface area contributed by atoms with Gasteiger partial charge in [0.15, 0.2) is 0 Å². The van der Waals surface area contributed by atoms with Gasteiger partial charge in [-0.05, 0) is 26.5 Å². The van der Waals surface area contributed by atoms with Crippen molar-refractivity contribution >= 4 is 12.4 Å². The van der Waals surface area contributed by atoms with Crippen molar-refractivity contribution in [2.75, 3.05) is 52.9 Å². The van der Waals surface area contributed by atoms with Crippen LogP contribution in [0.4, 0.5) is 0 Å². The van der Waals surface area contributed by atoms with Crippen LogP contribution >= 0.6 is 12.4 Å². The van der Waals surface area contributed by atoms with Gasteiger partial charge in [-0.2, -0.15) is 0 Å². The highest BCUT2D eigenvalue weighted by Crippen LogP contribution is 2.24. The molecule has 2 unspecified atom stereocenters. The van der Waals surface area contributed by atoms with Crippen molar-refractivity contribution in [3.63, 3.8) is 0 Å². The van der Waals surface area contributed by atoms with E-state index in [-0.39, 0.29) is 17.9 Å². The number of hydrazine groups is 1. The summed E-state index contributed by atoms with van der Waals surface area (Å²) in [6.45, 7) is 12.5. The average Bonchev–Trinajstić information content (AvgIpc) is 3.04. The minimum Gasteiger partial charge on any atom is -0.315 e. The standard InChI is InChI=1S/C19H33N5.ClH/c1-19(2,24-11-9-23(3)10-12-24)15-20-13-17-14-21-22-18(17)16-7-5-4-6-8-16;/h4-8,17-18,20-22H,9-15H2,1-3H3;1H. The van der Waals surface area contributed by atoms with E-state index in [1.54, 1.807) is 0 Å². The lowest BCUT2D eigenvalue weighted by Gasteiger charge is -2.43. The number of hydrogen-bond acceptors (Lipinski definition) is 5. The highest BCUT2D eigenvalue weighted by Gasteiger charge is 2.31. The monoisotopic (exact) mass is 367 g/mol. The maximum Gasteiger partial charge on any atom is 0.0515 e. The molecule has 0 aromatic heterocycles. The van der Waals surface area contributed by atoms with E-state index < -0.39 is 0 Å². The number of likely N-dealkylation sites (N-methyl/N-ethyl adjacent to an activating group) is 1. The van der Waals surface area contributed by atoms with Gasteiger partial charge in [-0.1, -0.05) is 30.3 Å². The zero-order chi connectivity index (χ0) is 17.0. The lowest BCUT2D eigenvalue weighted by Crippen LogP contribution is -2.57. The Labute approximate surface area is 158 Å². The van der Waals surface area contributed by atoms with Gasteiger partial charge in [-0.3, -0.25) is 10.3 Å². The SMILES string of the molecule is CN1CCN(C(C)(C)CNCC2CNNC2c2ccccc2)CC1.Cl. The third-order valence-electron chi connectivity index (χ3n) is 5.58. The molecule has 0 radical (unpaired) electrons. The predicted octanol–water partition coefficient (Wildman–Crippen LogP) is 1.49. The zero-order valence-electron chi connectivity index (χ0n) is 15.8. The van der Waals surface area contributed by atoms with Crippen LogP contribution in [-0.2, 0) is 0 Å². The molecule has 1 aromatic carbocycles. The molecule has 2 atom stereocenters. The Balaban J connectivity index is 0.00000225. The van der Waals surface area contributed by atoms with E-state index in [4.69, 9.17) is 0 Å². The van der Waals surface area contributed by atoms with Crippen LogP contribution < -0.4 is 16.2 Å². The lowest BCUT2D eigenvalue weighted by molar-refractivity contribution is 0.0614. The second-order valence-electron chi connectivity index (χ2n) is 7.91. The molecule has 2 heterocycles.